The van der Waals surface area contributed by atoms with Gasteiger partial charge in [0.1, 0.15) is 16.9 Å². The Hall–Kier alpha value is -4.41. The van der Waals surface area contributed by atoms with Crippen LogP contribution in [0.4, 0.5) is 15.8 Å². The summed E-state index contributed by atoms with van der Waals surface area (Å²) in [6.45, 7) is 7.89. The fourth-order valence-electron chi connectivity index (χ4n) is 5.07. The van der Waals surface area contributed by atoms with Gasteiger partial charge in [-0.05, 0) is 30.7 Å². The monoisotopic (exact) mass is 527 g/mol. The first kappa shape index (κ1) is 24.9. The number of H-pyrrole nitrogens is 2. The molecule has 0 unspecified atom stereocenters. The lowest BCUT2D eigenvalue weighted by Gasteiger charge is -2.28. The summed E-state index contributed by atoms with van der Waals surface area (Å²) in [7, 11) is 0. The number of rotatable bonds is 5. The third kappa shape index (κ3) is 4.91. The number of aromatic nitrogens is 7. The molecule has 1 aliphatic rings. The Labute approximate surface area is 224 Å². The van der Waals surface area contributed by atoms with Crippen molar-refractivity contribution in [2.24, 2.45) is 5.41 Å². The zero-order chi connectivity index (χ0) is 27.1. The molecule has 6 heterocycles. The van der Waals surface area contributed by atoms with Crippen LogP contribution < -0.4 is 10.2 Å². The van der Waals surface area contributed by atoms with E-state index >= 15 is 4.39 Å². The lowest BCUT2D eigenvalue weighted by Crippen LogP contribution is -2.29. The van der Waals surface area contributed by atoms with E-state index < -0.39 is 5.82 Å². The highest BCUT2D eigenvalue weighted by Gasteiger charge is 2.23. The topological polar surface area (TPSA) is 128 Å². The molecular formula is C28H30FN9O. The second-order valence-electron chi connectivity index (χ2n) is 11.2. The number of nitrogens with one attached hydrogen (secondary N) is 3. The maximum absolute atomic E-state index is 16.1. The second-order valence-corrected chi connectivity index (χ2v) is 11.2. The van der Waals surface area contributed by atoms with Gasteiger partial charge in [0, 0.05) is 31.3 Å². The molecular weight excluding hydrogens is 497 g/mol. The minimum atomic E-state index is -0.550. The molecule has 5 aromatic rings. The Bertz CT molecular complexity index is 1680. The van der Waals surface area contributed by atoms with Gasteiger partial charge < -0.3 is 15.2 Å². The highest BCUT2D eigenvalue weighted by molar-refractivity contribution is 5.97. The van der Waals surface area contributed by atoms with Crippen LogP contribution in [0.2, 0.25) is 0 Å². The fraction of sp³-hybridized carbons (Fsp3) is 0.357. The molecule has 0 bridgehead atoms. The molecule has 6 rings (SSSR count). The van der Waals surface area contributed by atoms with Crippen LogP contribution in [0.25, 0.3) is 44.7 Å². The van der Waals surface area contributed by atoms with Gasteiger partial charge in [-0.1, -0.05) is 20.8 Å². The van der Waals surface area contributed by atoms with Gasteiger partial charge in [-0.3, -0.25) is 24.8 Å². The van der Waals surface area contributed by atoms with Crippen LogP contribution in [0.1, 0.15) is 46.5 Å². The predicted octanol–water partition coefficient (Wildman–Crippen LogP) is 5.46. The summed E-state index contributed by atoms with van der Waals surface area (Å²) in [5.41, 5.74) is 4.19. The molecule has 200 valence electrons. The molecule has 0 radical (unpaired) electrons. The van der Waals surface area contributed by atoms with Crippen molar-refractivity contribution in [3.8, 4) is 22.8 Å². The number of aromatic amines is 2. The van der Waals surface area contributed by atoms with Gasteiger partial charge >= 0.3 is 0 Å². The molecule has 1 aliphatic heterocycles. The van der Waals surface area contributed by atoms with Gasteiger partial charge in [-0.25, -0.2) is 9.37 Å². The largest absolute Gasteiger partial charge is 0.368 e. The summed E-state index contributed by atoms with van der Waals surface area (Å²) in [5, 5.41) is 10.4. The average molecular weight is 528 g/mol. The van der Waals surface area contributed by atoms with Crippen molar-refractivity contribution in [2.45, 2.75) is 46.5 Å². The van der Waals surface area contributed by atoms with E-state index in [-0.39, 0.29) is 22.4 Å². The molecule has 0 spiro atoms. The van der Waals surface area contributed by atoms with Gasteiger partial charge in [-0.2, -0.15) is 5.10 Å². The van der Waals surface area contributed by atoms with Gasteiger partial charge in [0.15, 0.2) is 11.6 Å². The first-order chi connectivity index (χ1) is 18.8. The number of halogens is 1. The molecule has 1 amide bonds. The summed E-state index contributed by atoms with van der Waals surface area (Å²) in [6.07, 6.45) is 12.0. The van der Waals surface area contributed by atoms with Crippen molar-refractivity contribution in [1.29, 1.82) is 0 Å². The number of amides is 1. The molecule has 10 nitrogen and oxygen atoms in total. The SMILES string of the molecule is CC(C)(C)CC(=O)Nc1cncc(-c2ncc3[nH]nc(-c4nc5c(N6CCCCC6)cncc5[nH]4)c3c2F)c1. The quantitative estimate of drug-likeness (QED) is 0.277. The Kier molecular flexibility index (Phi) is 6.20. The van der Waals surface area contributed by atoms with Crippen LogP contribution in [-0.2, 0) is 4.79 Å². The highest BCUT2D eigenvalue weighted by Crippen LogP contribution is 2.34. The number of fused-ring (bicyclic) bond motifs is 2. The second kappa shape index (κ2) is 9.72. The number of anilines is 2. The molecule has 0 aliphatic carbocycles. The van der Waals surface area contributed by atoms with Crippen LogP contribution in [-0.4, -0.2) is 54.1 Å². The summed E-state index contributed by atoms with van der Waals surface area (Å²) in [6, 6.07) is 1.67. The molecule has 39 heavy (non-hydrogen) atoms. The maximum atomic E-state index is 16.1. The number of hydrogen-bond acceptors (Lipinski definition) is 7. The van der Waals surface area contributed by atoms with Crippen LogP contribution in [0.5, 0.6) is 0 Å². The molecule has 1 fully saturated rings. The van der Waals surface area contributed by atoms with Crippen molar-refractivity contribution in [3.63, 3.8) is 0 Å². The third-order valence-electron chi connectivity index (χ3n) is 6.83. The molecule has 0 saturated carbocycles. The zero-order valence-electron chi connectivity index (χ0n) is 22.2. The number of carbonyl (C=O) groups excluding carboxylic acids is 1. The standard InChI is InChI=1S/C28H30FN9O/c1-28(2,3)10-21(39)33-17-9-16(11-30-12-17)24-23(29)22-18(14-32-24)36-37-26(22)27-34-19-13-31-15-20(25(19)35-27)38-7-5-4-6-8-38/h9,11-15H,4-8,10H2,1-3H3,(H,33,39)(H,34,35)(H,36,37). The fourth-order valence-corrected chi connectivity index (χ4v) is 5.07. The van der Waals surface area contributed by atoms with E-state index in [2.05, 4.69) is 40.3 Å². The minimum Gasteiger partial charge on any atom is -0.368 e. The lowest BCUT2D eigenvalue weighted by molar-refractivity contribution is -0.117. The van der Waals surface area contributed by atoms with E-state index in [1.54, 1.807) is 18.5 Å². The van der Waals surface area contributed by atoms with Crippen molar-refractivity contribution in [2.75, 3.05) is 23.3 Å². The van der Waals surface area contributed by atoms with Crippen LogP contribution in [0.15, 0.2) is 37.1 Å². The zero-order valence-corrected chi connectivity index (χ0v) is 22.2. The Morgan fingerprint density at radius 3 is 2.62 bits per heavy atom. The Morgan fingerprint density at radius 1 is 1.03 bits per heavy atom. The van der Waals surface area contributed by atoms with Gasteiger partial charge in [-0.15, -0.1) is 0 Å². The number of hydrogen-bond donors (Lipinski definition) is 3. The highest BCUT2D eigenvalue weighted by atomic mass is 19.1. The van der Waals surface area contributed by atoms with E-state index in [1.165, 1.54) is 18.8 Å². The van der Waals surface area contributed by atoms with E-state index in [0.29, 0.717) is 34.7 Å². The predicted molar refractivity (Wildman–Crippen MR) is 149 cm³/mol. The Morgan fingerprint density at radius 2 is 1.82 bits per heavy atom. The summed E-state index contributed by atoms with van der Waals surface area (Å²) >= 11 is 0. The van der Waals surface area contributed by atoms with Gasteiger partial charge in [0.25, 0.3) is 0 Å². The number of carbonyl (C=O) groups is 1. The average Bonchev–Trinajstić information content (AvgIpc) is 3.53. The number of nitrogens with zero attached hydrogens (tertiary/aromatic N) is 6. The smallest absolute Gasteiger partial charge is 0.224 e. The molecule has 0 aromatic carbocycles. The van der Waals surface area contributed by atoms with E-state index in [9.17, 15) is 4.79 Å². The number of pyridine rings is 3. The number of imidazole rings is 1. The first-order valence-electron chi connectivity index (χ1n) is 13.1. The molecule has 3 N–H and O–H groups in total. The number of piperidine rings is 1. The van der Waals surface area contributed by atoms with Crippen molar-refractivity contribution in [3.05, 3.63) is 42.9 Å². The van der Waals surface area contributed by atoms with Gasteiger partial charge in [0.05, 0.1) is 52.6 Å². The van der Waals surface area contributed by atoms with E-state index in [1.807, 2.05) is 27.0 Å². The van der Waals surface area contributed by atoms with E-state index in [4.69, 9.17) is 4.98 Å². The normalized spacial score (nSPS) is 14.3. The molecule has 0 atom stereocenters. The van der Waals surface area contributed by atoms with Crippen molar-refractivity contribution >= 4 is 39.2 Å². The molecule has 11 heteroatoms. The van der Waals surface area contributed by atoms with Crippen LogP contribution >= 0.6 is 0 Å². The van der Waals surface area contributed by atoms with Crippen LogP contribution in [0, 0.1) is 11.2 Å². The first-order valence-corrected chi connectivity index (χ1v) is 13.1. The van der Waals surface area contributed by atoms with Crippen molar-refractivity contribution in [1.82, 2.24) is 35.1 Å². The maximum Gasteiger partial charge on any atom is 0.224 e. The summed E-state index contributed by atoms with van der Waals surface area (Å²) in [5.74, 6) is -0.239. The molecule has 1 saturated heterocycles. The Balaban J connectivity index is 1.37. The van der Waals surface area contributed by atoms with Crippen molar-refractivity contribution < 1.29 is 9.18 Å². The third-order valence-corrected chi connectivity index (χ3v) is 6.83. The molecule has 5 aromatic heterocycles. The lowest BCUT2D eigenvalue weighted by atomic mass is 9.92. The minimum absolute atomic E-state index is 0.108. The van der Waals surface area contributed by atoms with Crippen LogP contribution in [0.3, 0.4) is 0 Å². The summed E-state index contributed by atoms with van der Waals surface area (Å²) in [4.78, 5) is 35.8. The van der Waals surface area contributed by atoms with E-state index in [0.717, 1.165) is 42.7 Å². The summed E-state index contributed by atoms with van der Waals surface area (Å²) < 4.78 is 16.1. The van der Waals surface area contributed by atoms with Gasteiger partial charge in [0.2, 0.25) is 5.91 Å².